The van der Waals surface area contributed by atoms with Gasteiger partial charge in [-0.05, 0) is 35.6 Å². The van der Waals surface area contributed by atoms with Crippen molar-refractivity contribution >= 4 is 17.2 Å². The van der Waals surface area contributed by atoms with Crippen LogP contribution in [0.2, 0.25) is 0 Å². The second kappa shape index (κ2) is 4.79. The fourth-order valence-corrected chi connectivity index (χ4v) is 3.65. The van der Waals surface area contributed by atoms with E-state index in [1.54, 1.807) is 18.4 Å². The molecule has 0 atom stereocenters. The first-order valence-electron chi connectivity index (χ1n) is 6.24. The average Bonchev–Trinajstić information content (AvgIpc) is 2.90. The lowest BCUT2D eigenvalue weighted by Gasteiger charge is -2.15. The van der Waals surface area contributed by atoms with Crippen molar-refractivity contribution in [2.24, 2.45) is 0 Å². The molecule has 0 N–H and O–H groups in total. The van der Waals surface area contributed by atoms with E-state index in [9.17, 15) is 4.79 Å². The number of hydrogen-bond donors (Lipinski definition) is 0. The molecule has 0 saturated heterocycles. The predicted octanol–water partition coefficient (Wildman–Crippen LogP) is 3.15. The van der Waals surface area contributed by atoms with E-state index in [-0.39, 0.29) is 5.91 Å². The molecule has 0 radical (unpaired) electrons. The zero-order chi connectivity index (χ0) is 13.4. The van der Waals surface area contributed by atoms with Gasteiger partial charge in [0.25, 0.3) is 5.91 Å². The number of carbonyl (C=O) groups is 1. The fourth-order valence-electron chi connectivity index (χ4n) is 2.42. The van der Waals surface area contributed by atoms with Crippen LogP contribution in [-0.2, 0) is 17.7 Å². The highest BCUT2D eigenvalue weighted by molar-refractivity contribution is 7.17. The Hall–Kier alpha value is -1.65. The van der Waals surface area contributed by atoms with Gasteiger partial charge in [0, 0.05) is 11.9 Å². The summed E-state index contributed by atoms with van der Waals surface area (Å²) in [6, 6.07) is 10.4. The quantitative estimate of drug-likeness (QED) is 0.787. The van der Waals surface area contributed by atoms with Crippen LogP contribution in [0, 0.1) is 0 Å². The van der Waals surface area contributed by atoms with E-state index in [1.807, 2.05) is 6.07 Å². The maximum Gasteiger partial charge on any atom is 0.287 e. The van der Waals surface area contributed by atoms with Crippen molar-refractivity contribution in [3.05, 3.63) is 46.3 Å². The monoisotopic (exact) mass is 273 g/mol. The van der Waals surface area contributed by atoms with E-state index in [4.69, 9.17) is 4.84 Å². The van der Waals surface area contributed by atoms with Crippen molar-refractivity contribution in [3.8, 4) is 10.4 Å². The molecule has 19 heavy (non-hydrogen) atoms. The molecule has 1 aliphatic carbocycles. The SMILES string of the molecule is CON(C)C(=O)c1cc2c(s1)-c1ccccc1CC2. The molecular weight excluding hydrogens is 258 g/mol. The summed E-state index contributed by atoms with van der Waals surface area (Å²) < 4.78 is 0. The summed E-state index contributed by atoms with van der Waals surface area (Å²) in [5.41, 5.74) is 3.92. The van der Waals surface area contributed by atoms with Gasteiger partial charge in [0.2, 0.25) is 0 Å². The number of benzene rings is 1. The molecule has 0 saturated carbocycles. The number of aryl methyl sites for hydroxylation is 2. The van der Waals surface area contributed by atoms with Gasteiger partial charge >= 0.3 is 0 Å². The number of hydrogen-bond acceptors (Lipinski definition) is 3. The second-order valence-electron chi connectivity index (χ2n) is 4.61. The number of hydroxylamine groups is 2. The van der Waals surface area contributed by atoms with Gasteiger partial charge in [-0.15, -0.1) is 11.3 Å². The lowest BCUT2D eigenvalue weighted by molar-refractivity contribution is -0.0753. The van der Waals surface area contributed by atoms with Gasteiger partial charge in [0.1, 0.15) is 0 Å². The summed E-state index contributed by atoms with van der Waals surface area (Å²) in [6.45, 7) is 0. The number of rotatable bonds is 2. The van der Waals surface area contributed by atoms with Crippen molar-refractivity contribution in [3.63, 3.8) is 0 Å². The van der Waals surface area contributed by atoms with Crippen LogP contribution in [0.5, 0.6) is 0 Å². The third-order valence-electron chi connectivity index (χ3n) is 3.51. The summed E-state index contributed by atoms with van der Waals surface area (Å²) in [5.74, 6) is -0.0839. The fraction of sp³-hybridized carbons (Fsp3) is 0.267. The Morgan fingerprint density at radius 2 is 2.00 bits per heavy atom. The average molecular weight is 273 g/mol. The molecule has 2 aromatic rings. The van der Waals surface area contributed by atoms with Gasteiger partial charge in [-0.3, -0.25) is 9.63 Å². The molecule has 0 bridgehead atoms. The van der Waals surface area contributed by atoms with Gasteiger partial charge in [-0.2, -0.15) is 0 Å². The molecule has 98 valence electrons. The first-order chi connectivity index (χ1) is 9.20. The molecule has 1 aromatic heterocycles. The van der Waals surface area contributed by atoms with Crippen molar-refractivity contribution in [2.45, 2.75) is 12.8 Å². The summed E-state index contributed by atoms with van der Waals surface area (Å²) in [6.07, 6.45) is 2.06. The number of fused-ring (bicyclic) bond motifs is 3. The smallest absolute Gasteiger partial charge is 0.274 e. The van der Waals surface area contributed by atoms with E-state index in [1.165, 1.54) is 33.7 Å². The normalized spacial score (nSPS) is 12.7. The van der Waals surface area contributed by atoms with Crippen molar-refractivity contribution in [1.29, 1.82) is 0 Å². The second-order valence-corrected chi connectivity index (χ2v) is 5.66. The number of nitrogens with zero attached hydrogens (tertiary/aromatic N) is 1. The molecule has 1 amide bonds. The van der Waals surface area contributed by atoms with Crippen LogP contribution in [0.25, 0.3) is 10.4 Å². The van der Waals surface area contributed by atoms with Gasteiger partial charge < -0.3 is 0 Å². The lowest BCUT2D eigenvalue weighted by Crippen LogP contribution is -2.24. The van der Waals surface area contributed by atoms with E-state index >= 15 is 0 Å². The summed E-state index contributed by atoms with van der Waals surface area (Å²) in [7, 11) is 3.13. The molecule has 3 nitrogen and oxygen atoms in total. The van der Waals surface area contributed by atoms with Crippen LogP contribution < -0.4 is 0 Å². The summed E-state index contributed by atoms with van der Waals surface area (Å²) >= 11 is 1.56. The Kier molecular flexibility index (Phi) is 3.12. The Labute approximate surface area is 116 Å². The molecule has 3 rings (SSSR count). The zero-order valence-electron chi connectivity index (χ0n) is 11.0. The molecule has 1 aliphatic rings. The molecule has 0 aliphatic heterocycles. The van der Waals surface area contributed by atoms with Crippen LogP contribution in [0.3, 0.4) is 0 Å². The van der Waals surface area contributed by atoms with Crippen LogP contribution in [0.1, 0.15) is 20.8 Å². The number of amides is 1. The Bertz CT molecular complexity index is 633. The maximum absolute atomic E-state index is 12.1. The summed E-state index contributed by atoms with van der Waals surface area (Å²) in [4.78, 5) is 19.0. The molecular formula is C15H15NO2S. The van der Waals surface area contributed by atoms with Crippen LogP contribution >= 0.6 is 11.3 Å². The highest BCUT2D eigenvalue weighted by atomic mass is 32.1. The van der Waals surface area contributed by atoms with E-state index in [2.05, 4.69) is 24.3 Å². The molecule has 4 heteroatoms. The van der Waals surface area contributed by atoms with E-state index in [0.717, 1.165) is 17.7 Å². The molecule has 0 fully saturated rings. The van der Waals surface area contributed by atoms with E-state index in [0.29, 0.717) is 0 Å². The Balaban J connectivity index is 2.04. The molecule has 0 unspecified atom stereocenters. The molecule has 1 heterocycles. The van der Waals surface area contributed by atoms with Gasteiger partial charge in [-0.1, -0.05) is 24.3 Å². The van der Waals surface area contributed by atoms with Crippen molar-refractivity contribution in [1.82, 2.24) is 5.06 Å². The third-order valence-corrected chi connectivity index (χ3v) is 4.70. The van der Waals surface area contributed by atoms with Crippen molar-refractivity contribution in [2.75, 3.05) is 14.2 Å². The highest BCUT2D eigenvalue weighted by Gasteiger charge is 2.22. The van der Waals surface area contributed by atoms with Gasteiger partial charge in [0.15, 0.2) is 0 Å². The van der Waals surface area contributed by atoms with Crippen LogP contribution in [-0.4, -0.2) is 25.1 Å². The molecule has 0 spiro atoms. The third kappa shape index (κ3) is 2.07. The van der Waals surface area contributed by atoms with Crippen LogP contribution in [0.4, 0.5) is 0 Å². The van der Waals surface area contributed by atoms with Crippen LogP contribution in [0.15, 0.2) is 30.3 Å². The van der Waals surface area contributed by atoms with Crippen molar-refractivity contribution < 1.29 is 9.63 Å². The Morgan fingerprint density at radius 1 is 1.26 bits per heavy atom. The Morgan fingerprint density at radius 3 is 2.79 bits per heavy atom. The standard InChI is InChI=1S/C15H15NO2S/c1-16(18-2)15(17)13-9-11-8-7-10-5-3-4-6-12(10)14(11)19-13/h3-6,9H,7-8H2,1-2H3. The highest BCUT2D eigenvalue weighted by Crippen LogP contribution is 2.39. The minimum Gasteiger partial charge on any atom is -0.274 e. The first kappa shape index (κ1) is 12.4. The lowest BCUT2D eigenvalue weighted by atomic mass is 9.91. The topological polar surface area (TPSA) is 29.5 Å². The largest absolute Gasteiger partial charge is 0.287 e. The number of carbonyl (C=O) groups excluding carboxylic acids is 1. The minimum absolute atomic E-state index is 0.0839. The minimum atomic E-state index is -0.0839. The maximum atomic E-state index is 12.1. The molecule has 1 aromatic carbocycles. The zero-order valence-corrected chi connectivity index (χ0v) is 11.8. The number of thiophene rings is 1. The van der Waals surface area contributed by atoms with Gasteiger partial charge in [0.05, 0.1) is 12.0 Å². The van der Waals surface area contributed by atoms with E-state index < -0.39 is 0 Å². The first-order valence-corrected chi connectivity index (χ1v) is 7.05. The summed E-state index contributed by atoms with van der Waals surface area (Å²) in [5, 5.41) is 1.27. The van der Waals surface area contributed by atoms with Gasteiger partial charge in [-0.25, -0.2) is 5.06 Å². The predicted molar refractivity (Wildman–Crippen MR) is 76.3 cm³/mol.